The molecule has 0 aromatic rings. The Labute approximate surface area is 100 Å². The largest absolute Gasteiger partial charge is 0.382 e. The molecule has 0 aromatic heterocycles. The molecule has 0 aromatic carbocycles. The number of rotatable bonds is 9. The van der Waals surface area contributed by atoms with Crippen molar-refractivity contribution in [3.05, 3.63) is 0 Å². The summed E-state index contributed by atoms with van der Waals surface area (Å²) < 4.78 is 9.99. The fourth-order valence-electron chi connectivity index (χ4n) is 1.10. The van der Waals surface area contributed by atoms with Crippen LogP contribution in [0.4, 0.5) is 0 Å². The summed E-state index contributed by atoms with van der Waals surface area (Å²) in [5, 5.41) is 0.918. The minimum Gasteiger partial charge on any atom is -0.382 e. The molecule has 0 aliphatic rings. The molecule has 0 N–H and O–H groups in total. The number of carbonyl (C=O) groups is 1. The van der Waals surface area contributed by atoms with Gasteiger partial charge in [-0.2, -0.15) is 0 Å². The Morgan fingerprint density at radius 1 is 1.40 bits per heavy atom. The number of amides is 1. The third kappa shape index (κ3) is 7.76. The summed E-state index contributed by atoms with van der Waals surface area (Å²) in [6, 6.07) is 0. The first-order chi connectivity index (χ1) is 7.26. The Hall–Kier alpha value is -0.130. The molecule has 0 aliphatic heterocycles. The van der Waals surface area contributed by atoms with Crippen LogP contribution in [0, 0.1) is 0 Å². The zero-order valence-corrected chi connectivity index (χ0v) is 11.1. The van der Waals surface area contributed by atoms with Gasteiger partial charge in [0.25, 0.3) is 0 Å². The van der Waals surface area contributed by atoms with E-state index in [0.717, 1.165) is 24.8 Å². The number of hydrogen-bond acceptors (Lipinski definition) is 3. The molecule has 1 amide bonds. The number of alkyl halides is 1. The van der Waals surface area contributed by atoms with Gasteiger partial charge in [-0.15, -0.1) is 0 Å². The molecular weight excluding hydrogens is 262 g/mol. The van der Waals surface area contributed by atoms with Crippen LogP contribution < -0.4 is 0 Å². The number of ether oxygens (including phenoxy) is 2. The van der Waals surface area contributed by atoms with Crippen LogP contribution in [-0.4, -0.2) is 56.2 Å². The van der Waals surface area contributed by atoms with Gasteiger partial charge in [0.2, 0.25) is 5.91 Å². The van der Waals surface area contributed by atoms with Gasteiger partial charge in [0.15, 0.2) is 0 Å². The van der Waals surface area contributed by atoms with E-state index in [0.29, 0.717) is 13.2 Å². The van der Waals surface area contributed by atoms with Crippen LogP contribution in [0.25, 0.3) is 0 Å². The van der Waals surface area contributed by atoms with Crippen molar-refractivity contribution in [2.75, 3.05) is 45.4 Å². The molecule has 0 atom stereocenters. The molecule has 4 nitrogen and oxygen atoms in total. The topological polar surface area (TPSA) is 38.8 Å². The Balaban J connectivity index is 3.63. The van der Waals surface area contributed by atoms with Crippen molar-refractivity contribution in [2.45, 2.75) is 13.3 Å². The van der Waals surface area contributed by atoms with Crippen LogP contribution in [0.3, 0.4) is 0 Å². The Morgan fingerprint density at radius 2 is 2.13 bits per heavy atom. The maximum Gasteiger partial charge on any atom is 0.248 e. The molecule has 0 saturated heterocycles. The van der Waals surface area contributed by atoms with E-state index in [1.54, 1.807) is 12.0 Å². The first-order valence-corrected chi connectivity index (χ1v) is 6.28. The molecule has 0 unspecified atom stereocenters. The lowest BCUT2D eigenvalue weighted by molar-refractivity contribution is -0.136. The summed E-state index contributed by atoms with van der Waals surface area (Å²) in [6.07, 6.45) is 0.970. The lowest BCUT2D eigenvalue weighted by atomic mass is 10.4. The SMILES string of the molecule is CCN(CCCBr)C(=O)COCCOC. The van der Waals surface area contributed by atoms with E-state index in [1.807, 2.05) is 6.92 Å². The molecule has 0 radical (unpaired) electrons. The first kappa shape index (κ1) is 14.9. The highest BCUT2D eigenvalue weighted by Crippen LogP contribution is 1.96. The van der Waals surface area contributed by atoms with E-state index < -0.39 is 0 Å². The zero-order valence-electron chi connectivity index (χ0n) is 9.50. The lowest BCUT2D eigenvalue weighted by Gasteiger charge is -2.20. The molecule has 0 heterocycles. The highest BCUT2D eigenvalue weighted by Gasteiger charge is 2.10. The van der Waals surface area contributed by atoms with E-state index in [1.165, 1.54) is 0 Å². The molecule has 0 rings (SSSR count). The molecule has 90 valence electrons. The van der Waals surface area contributed by atoms with Crippen LogP contribution in [0.2, 0.25) is 0 Å². The van der Waals surface area contributed by atoms with Gasteiger partial charge in [0.1, 0.15) is 6.61 Å². The molecular formula is C10H20BrNO3. The maximum atomic E-state index is 11.6. The fraction of sp³-hybridized carbons (Fsp3) is 0.900. The van der Waals surface area contributed by atoms with E-state index >= 15 is 0 Å². The molecule has 5 heteroatoms. The van der Waals surface area contributed by atoms with Crippen molar-refractivity contribution in [1.82, 2.24) is 4.90 Å². The van der Waals surface area contributed by atoms with Crippen molar-refractivity contribution >= 4 is 21.8 Å². The van der Waals surface area contributed by atoms with E-state index in [9.17, 15) is 4.79 Å². The zero-order chi connectivity index (χ0) is 11.5. The molecule has 0 spiro atoms. The lowest BCUT2D eigenvalue weighted by Crippen LogP contribution is -2.35. The van der Waals surface area contributed by atoms with Crippen molar-refractivity contribution < 1.29 is 14.3 Å². The highest BCUT2D eigenvalue weighted by molar-refractivity contribution is 9.09. The number of likely N-dealkylation sites (N-methyl/N-ethyl adjacent to an activating group) is 1. The summed E-state index contributed by atoms with van der Waals surface area (Å²) in [4.78, 5) is 13.4. The number of nitrogens with zero attached hydrogens (tertiary/aromatic N) is 1. The smallest absolute Gasteiger partial charge is 0.248 e. The second kappa shape index (κ2) is 10.4. The third-order valence-electron chi connectivity index (χ3n) is 1.95. The van der Waals surface area contributed by atoms with E-state index in [2.05, 4.69) is 15.9 Å². The minimum absolute atomic E-state index is 0.0505. The van der Waals surface area contributed by atoms with Crippen LogP contribution in [0.15, 0.2) is 0 Å². The van der Waals surface area contributed by atoms with Gasteiger partial charge in [-0.05, 0) is 13.3 Å². The molecule has 0 saturated carbocycles. The molecule has 0 bridgehead atoms. The predicted molar refractivity (Wildman–Crippen MR) is 63.4 cm³/mol. The third-order valence-corrected chi connectivity index (χ3v) is 2.51. The molecule has 15 heavy (non-hydrogen) atoms. The van der Waals surface area contributed by atoms with Gasteiger partial charge in [-0.3, -0.25) is 4.79 Å². The van der Waals surface area contributed by atoms with Gasteiger partial charge in [0.05, 0.1) is 13.2 Å². The van der Waals surface area contributed by atoms with Crippen LogP contribution >= 0.6 is 15.9 Å². The van der Waals surface area contributed by atoms with Gasteiger partial charge in [-0.25, -0.2) is 0 Å². The monoisotopic (exact) mass is 281 g/mol. The first-order valence-electron chi connectivity index (χ1n) is 5.16. The van der Waals surface area contributed by atoms with E-state index in [4.69, 9.17) is 9.47 Å². The Morgan fingerprint density at radius 3 is 2.67 bits per heavy atom. The van der Waals surface area contributed by atoms with Crippen LogP contribution in [-0.2, 0) is 14.3 Å². The average Bonchev–Trinajstić information content (AvgIpc) is 2.25. The van der Waals surface area contributed by atoms with E-state index in [-0.39, 0.29) is 12.5 Å². The van der Waals surface area contributed by atoms with Gasteiger partial charge in [0, 0.05) is 25.5 Å². The number of carbonyl (C=O) groups excluding carboxylic acids is 1. The molecule has 0 aliphatic carbocycles. The van der Waals surface area contributed by atoms with Crippen molar-refractivity contribution in [2.24, 2.45) is 0 Å². The summed E-state index contributed by atoms with van der Waals surface area (Å²) in [5.74, 6) is 0.0505. The second-order valence-corrected chi connectivity index (χ2v) is 3.85. The van der Waals surface area contributed by atoms with Gasteiger partial charge >= 0.3 is 0 Å². The number of methoxy groups -OCH3 is 1. The average molecular weight is 282 g/mol. The quantitative estimate of drug-likeness (QED) is 0.472. The highest BCUT2D eigenvalue weighted by atomic mass is 79.9. The van der Waals surface area contributed by atoms with Crippen molar-refractivity contribution in [1.29, 1.82) is 0 Å². The van der Waals surface area contributed by atoms with Crippen LogP contribution in [0.1, 0.15) is 13.3 Å². The second-order valence-electron chi connectivity index (χ2n) is 3.06. The summed E-state index contributed by atoms with van der Waals surface area (Å²) >= 11 is 3.34. The standard InChI is InChI=1S/C10H20BrNO3/c1-3-12(6-4-5-11)10(13)9-15-8-7-14-2/h3-9H2,1-2H3. The molecule has 0 fully saturated rings. The Kier molecular flexibility index (Phi) is 10.3. The normalized spacial score (nSPS) is 10.3. The maximum absolute atomic E-state index is 11.6. The van der Waals surface area contributed by atoms with Crippen LogP contribution in [0.5, 0.6) is 0 Å². The Bertz CT molecular complexity index is 167. The number of hydrogen-bond donors (Lipinski definition) is 0. The summed E-state index contributed by atoms with van der Waals surface area (Å²) in [5.41, 5.74) is 0. The minimum atomic E-state index is 0.0505. The number of halogens is 1. The predicted octanol–water partition coefficient (Wildman–Crippen LogP) is 1.28. The summed E-state index contributed by atoms with van der Waals surface area (Å²) in [7, 11) is 1.61. The fourth-order valence-corrected chi connectivity index (χ4v) is 1.35. The van der Waals surface area contributed by atoms with Crippen molar-refractivity contribution in [3.8, 4) is 0 Å². The van der Waals surface area contributed by atoms with Gasteiger partial charge < -0.3 is 14.4 Å². The van der Waals surface area contributed by atoms with Gasteiger partial charge in [-0.1, -0.05) is 15.9 Å². The van der Waals surface area contributed by atoms with Crippen molar-refractivity contribution in [3.63, 3.8) is 0 Å². The summed E-state index contributed by atoms with van der Waals surface area (Å²) in [6.45, 7) is 4.65.